The van der Waals surface area contributed by atoms with E-state index in [-0.39, 0.29) is 0 Å². The molecule has 0 aliphatic heterocycles. The molecule has 0 amide bonds. The summed E-state index contributed by atoms with van der Waals surface area (Å²) in [4.78, 5) is 0. The van der Waals surface area contributed by atoms with Crippen molar-refractivity contribution in [3.8, 4) is 0 Å². The fraction of sp³-hybridized carbons (Fsp3) is 0.647. The first kappa shape index (κ1) is 13.6. The average Bonchev–Trinajstić information content (AvgIpc) is 2.40. The van der Waals surface area contributed by atoms with Crippen molar-refractivity contribution in [1.82, 2.24) is 5.32 Å². The minimum Gasteiger partial charge on any atom is -0.311 e. The zero-order chi connectivity index (χ0) is 12.8. The van der Waals surface area contributed by atoms with Crippen LogP contribution in [0.15, 0.2) is 30.3 Å². The van der Waals surface area contributed by atoms with Gasteiger partial charge in [-0.05, 0) is 37.7 Å². The Morgan fingerprint density at radius 3 is 2.61 bits per heavy atom. The highest BCUT2D eigenvalue weighted by Gasteiger charge is 2.26. The summed E-state index contributed by atoms with van der Waals surface area (Å²) in [5, 5.41) is 3.87. The monoisotopic (exact) mass is 245 g/mol. The minimum atomic E-state index is 0.657. The van der Waals surface area contributed by atoms with Gasteiger partial charge in [0, 0.05) is 12.1 Å². The average molecular weight is 245 g/mol. The van der Waals surface area contributed by atoms with Crippen molar-refractivity contribution in [2.75, 3.05) is 0 Å². The van der Waals surface area contributed by atoms with Gasteiger partial charge in [-0.1, -0.05) is 56.5 Å². The van der Waals surface area contributed by atoms with Crippen molar-refractivity contribution >= 4 is 0 Å². The SMILES string of the molecule is CCCC(C)NC1CCCCC1c1ccccc1. The quantitative estimate of drug-likeness (QED) is 0.806. The Balaban J connectivity index is 2.02. The molecule has 0 aromatic heterocycles. The highest BCUT2D eigenvalue weighted by molar-refractivity contribution is 5.22. The number of hydrogen-bond acceptors (Lipinski definition) is 1. The van der Waals surface area contributed by atoms with Crippen LogP contribution in [0, 0.1) is 0 Å². The summed E-state index contributed by atoms with van der Waals surface area (Å²) in [7, 11) is 0. The van der Waals surface area contributed by atoms with Crippen LogP contribution in [0.5, 0.6) is 0 Å². The summed E-state index contributed by atoms with van der Waals surface area (Å²) in [6, 6.07) is 12.4. The van der Waals surface area contributed by atoms with E-state index < -0.39 is 0 Å². The van der Waals surface area contributed by atoms with Crippen LogP contribution < -0.4 is 5.32 Å². The molecule has 1 aliphatic carbocycles. The molecule has 1 aromatic rings. The number of rotatable bonds is 5. The lowest BCUT2D eigenvalue weighted by atomic mass is 9.79. The molecule has 100 valence electrons. The van der Waals surface area contributed by atoms with Gasteiger partial charge in [-0.15, -0.1) is 0 Å². The smallest absolute Gasteiger partial charge is 0.0138 e. The molecule has 1 aromatic carbocycles. The summed E-state index contributed by atoms with van der Waals surface area (Å²) in [5.74, 6) is 0.722. The van der Waals surface area contributed by atoms with Gasteiger partial charge in [0.2, 0.25) is 0 Å². The van der Waals surface area contributed by atoms with Crippen LogP contribution in [-0.4, -0.2) is 12.1 Å². The maximum Gasteiger partial charge on any atom is 0.0138 e. The van der Waals surface area contributed by atoms with Gasteiger partial charge in [-0.25, -0.2) is 0 Å². The standard InChI is InChI=1S/C17H27N/c1-3-9-14(2)18-17-13-8-7-12-16(17)15-10-5-4-6-11-15/h4-6,10-11,14,16-18H,3,7-9,12-13H2,1-2H3. The second kappa shape index (κ2) is 6.94. The van der Waals surface area contributed by atoms with Gasteiger partial charge in [-0.3, -0.25) is 0 Å². The van der Waals surface area contributed by atoms with Crippen LogP contribution in [0.4, 0.5) is 0 Å². The Labute approximate surface area is 112 Å². The van der Waals surface area contributed by atoms with Crippen molar-refractivity contribution in [3.63, 3.8) is 0 Å². The molecule has 1 heteroatoms. The number of nitrogens with one attached hydrogen (secondary N) is 1. The van der Waals surface area contributed by atoms with Crippen LogP contribution in [0.2, 0.25) is 0 Å². The van der Waals surface area contributed by atoms with Gasteiger partial charge in [-0.2, -0.15) is 0 Å². The zero-order valence-corrected chi connectivity index (χ0v) is 11.9. The molecule has 1 N–H and O–H groups in total. The van der Waals surface area contributed by atoms with Gasteiger partial charge in [0.25, 0.3) is 0 Å². The summed E-state index contributed by atoms with van der Waals surface area (Å²) in [6.07, 6.45) is 8.03. The topological polar surface area (TPSA) is 12.0 Å². The van der Waals surface area contributed by atoms with E-state index in [1.54, 1.807) is 0 Å². The maximum atomic E-state index is 3.87. The largest absolute Gasteiger partial charge is 0.311 e. The molecule has 3 unspecified atom stereocenters. The Hall–Kier alpha value is -0.820. The van der Waals surface area contributed by atoms with Crippen LogP contribution in [0.3, 0.4) is 0 Å². The number of hydrogen-bond donors (Lipinski definition) is 1. The fourth-order valence-corrected chi connectivity index (χ4v) is 3.31. The van der Waals surface area contributed by atoms with Gasteiger partial charge >= 0.3 is 0 Å². The molecule has 0 bridgehead atoms. The summed E-state index contributed by atoms with van der Waals surface area (Å²) < 4.78 is 0. The second-order valence-corrected chi connectivity index (χ2v) is 5.76. The molecule has 0 saturated heterocycles. The zero-order valence-electron chi connectivity index (χ0n) is 11.9. The number of benzene rings is 1. The second-order valence-electron chi connectivity index (χ2n) is 5.76. The third-order valence-electron chi connectivity index (χ3n) is 4.21. The Bertz CT molecular complexity index is 333. The summed E-state index contributed by atoms with van der Waals surface area (Å²) in [5.41, 5.74) is 1.53. The first-order valence-corrected chi connectivity index (χ1v) is 7.62. The normalized spacial score (nSPS) is 25.9. The van der Waals surface area contributed by atoms with E-state index in [4.69, 9.17) is 0 Å². The molecular weight excluding hydrogens is 218 g/mol. The Morgan fingerprint density at radius 2 is 1.89 bits per heavy atom. The van der Waals surface area contributed by atoms with E-state index >= 15 is 0 Å². The molecular formula is C17H27N. The van der Waals surface area contributed by atoms with E-state index in [9.17, 15) is 0 Å². The van der Waals surface area contributed by atoms with Gasteiger partial charge in [0.15, 0.2) is 0 Å². The Kier molecular flexibility index (Phi) is 5.25. The third-order valence-corrected chi connectivity index (χ3v) is 4.21. The van der Waals surface area contributed by atoms with Crippen LogP contribution in [0.25, 0.3) is 0 Å². The van der Waals surface area contributed by atoms with E-state index in [0.29, 0.717) is 12.1 Å². The van der Waals surface area contributed by atoms with Crippen LogP contribution in [0.1, 0.15) is 63.9 Å². The van der Waals surface area contributed by atoms with E-state index in [1.165, 1.54) is 44.1 Å². The van der Waals surface area contributed by atoms with Gasteiger partial charge in [0.05, 0.1) is 0 Å². The summed E-state index contributed by atoms with van der Waals surface area (Å²) >= 11 is 0. The van der Waals surface area contributed by atoms with Crippen molar-refractivity contribution in [2.24, 2.45) is 0 Å². The molecule has 0 heterocycles. The molecule has 1 saturated carbocycles. The lowest BCUT2D eigenvalue weighted by Gasteiger charge is -2.35. The van der Waals surface area contributed by atoms with Crippen LogP contribution in [-0.2, 0) is 0 Å². The molecule has 18 heavy (non-hydrogen) atoms. The molecule has 2 rings (SSSR count). The molecule has 1 nitrogen and oxygen atoms in total. The van der Waals surface area contributed by atoms with Crippen molar-refractivity contribution < 1.29 is 0 Å². The van der Waals surface area contributed by atoms with Gasteiger partial charge < -0.3 is 5.32 Å². The summed E-state index contributed by atoms with van der Waals surface area (Å²) in [6.45, 7) is 4.61. The molecule has 0 spiro atoms. The fourth-order valence-electron chi connectivity index (χ4n) is 3.31. The lowest BCUT2D eigenvalue weighted by molar-refractivity contribution is 0.298. The molecule has 1 aliphatic rings. The molecule has 1 fully saturated rings. The van der Waals surface area contributed by atoms with E-state index in [0.717, 1.165) is 5.92 Å². The van der Waals surface area contributed by atoms with Crippen LogP contribution >= 0.6 is 0 Å². The highest BCUT2D eigenvalue weighted by atomic mass is 15.0. The maximum absolute atomic E-state index is 3.87. The van der Waals surface area contributed by atoms with Gasteiger partial charge in [0.1, 0.15) is 0 Å². The Morgan fingerprint density at radius 1 is 1.17 bits per heavy atom. The molecule has 0 radical (unpaired) electrons. The lowest BCUT2D eigenvalue weighted by Crippen LogP contribution is -2.42. The first-order chi connectivity index (χ1) is 8.81. The highest BCUT2D eigenvalue weighted by Crippen LogP contribution is 2.33. The molecule has 3 atom stereocenters. The third kappa shape index (κ3) is 3.58. The first-order valence-electron chi connectivity index (χ1n) is 7.62. The van der Waals surface area contributed by atoms with E-state index in [1.807, 2.05) is 0 Å². The van der Waals surface area contributed by atoms with E-state index in [2.05, 4.69) is 49.5 Å². The minimum absolute atomic E-state index is 0.657. The predicted octanol–water partition coefficient (Wildman–Crippen LogP) is 4.49. The van der Waals surface area contributed by atoms with Crippen molar-refractivity contribution in [1.29, 1.82) is 0 Å². The van der Waals surface area contributed by atoms with Crippen molar-refractivity contribution in [2.45, 2.75) is 70.4 Å². The predicted molar refractivity (Wildman–Crippen MR) is 78.9 cm³/mol. The van der Waals surface area contributed by atoms with Crippen molar-refractivity contribution in [3.05, 3.63) is 35.9 Å².